The number of alkyl halides is 3. The van der Waals surface area contributed by atoms with Crippen molar-refractivity contribution in [3.63, 3.8) is 0 Å². The number of nitrogens with one attached hydrogen (secondary N) is 1. The van der Waals surface area contributed by atoms with Crippen LogP contribution in [0.1, 0.15) is 52.6 Å². The third-order valence-electron chi connectivity index (χ3n) is 11.2. The van der Waals surface area contributed by atoms with Gasteiger partial charge in [0.2, 0.25) is 0 Å². The number of thiazole rings is 2. The van der Waals surface area contributed by atoms with Crippen LogP contribution in [0.5, 0.6) is 0 Å². The number of nitrogens with zero attached hydrogens (tertiary/aromatic N) is 2. The number of carbonyl (C=O) groups excluding carboxylic acids is 2. The van der Waals surface area contributed by atoms with E-state index >= 15 is 0 Å². The van der Waals surface area contributed by atoms with E-state index in [2.05, 4.69) is 15.3 Å². The number of aromatic carboxylic acids is 2. The molecule has 0 radical (unpaired) electrons. The minimum Gasteiger partial charge on any atom is -0.478 e. The second kappa shape index (κ2) is 22.8. The van der Waals surface area contributed by atoms with E-state index in [-0.39, 0.29) is 23.2 Å². The van der Waals surface area contributed by atoms with Crippen molar-refractivity contribution < 1.29 is 47.3 Å². The van der Waals surface area contributed by atoms with Gasteiger partial charge in [-0.05, 0) is 101 Å². The van der Waals surface area contributed by atoms with Crippen LogP contribution in [-0.4, -0.2) is 51.1 Å². The molecule has 0 aliphatic carbocycles. The Hall–Kier alpha value is -7.37. The van der Waals surface area contributed by atoms with Gasteiger partial charge in [-0.15, -0.1) is 22.7 Å². The summed E-state index contributed by atoms with van der Waals surface area (Å²) >= 11 is 27.0. The molecule has 3 N–H and O–H groups in total. The molecular weight excluding hydrogens is 1080 g/mol. The lowest BCUT2D eigenvalue weighted by atomic mass is 9.96. The summed E-state index contributed by atoms with van der Waals surface area (Å²) in [6, 6.07) is 38.3. The smallest absolute Gasteiger partial charge is 0.416 e. The fourth-order valence-corrected chi connectivity index (χ4v) is 9.69. The maximum atomic E-state index is 13.0. The fourth-order valence-electron chi connectivity index (χ4n) is 7.44. The van der Waals surface area contributed by atoms with Crippen molar-refractivity contribution in [1.82, 2.24) is 15.3 Å². The largest absolute Gasteiger partial charge is 0.478 e. The Morgan fingerprint density at radius 1 is 0.554 bits per heavy atom. The minimum atomic E-state index is -4.47. The molecule has 2 heterocycles. The van der Waals surface area contributed by atoms with Gasteiger partial charge < -0.3 is 20.3 Å². The van der Waals surface area contributed by atoms with Gasteiger partial charge in [-0.25, -0.2) is 24.4 Å². The average molecular weight is 1110 g/mol. The van der Waals surface area contributed by atoms with Crippen LogP contribution in [0.25, 0.3) is 65.9 Å². The number of rotatable bonds is 12. The number of hydrogen-bond acceptors (Lipinski definition) is 9. The van der Waals surface area contributed by atoms with E-state index in [1.165, 1.54) is 66.2 Å². The monoisotopic (exact) mass is 1110 g/mol. The molecule has 0 aliphatic rings. The third-order valence-corrected chi connectivity index (χ3v) is 14.5. The fraction of sp³-hybridized carbons (Fsp3) is 0.0545. The molecule has 372 valence electrons. The Morgan fingerprint density at radius 3 is 1.50 bits per heavy atom. The molecule has 74 heavy (non-hydrogen) atoms. The van der Waals surface area contributed by atoms with Gasteiger partial charge in [0.05, 0.1) is 60.8 Å². The molecule has 10 nitrogen and oxygen atoms in total. The van der Waals surface area contributed by atoms with Crippen LogP contribution >= 0.6 is 69.1 Å². The molecule has 9 aromatic rings. The highest BCUT2D eigenvalue weighted by Gasteiger charge is 2.30. The van der Waals surface area contributed by atoms with E-state index in [9.17, 15) is 37.5 Å². The lowest BCUT2D eigenvalue weighted by Gasteiger charge is -2.11. The second-order valence-corrected chi connectivity index (χ2v) is 19.3. The predicted molar refractivity (Wildman–Crippen MR) is 285 cm³/mol. The highest BCUT2D eigenvalue weighted by atomic mass is 35.5. The highest BCUT2D eigenvalue weighted by Crippen LogP contribution is 2.37. The molecule has 0 bridgehead atoms. The standard InChI is InChI=1S/C31H19Cl2F3N2O3S.C24H15Cl2NO4S/c32-25-11-9-20(14-26(25)33)27-16-42-29(38-27)21-8-10-23(24(13-21)30(40)41)18-4-6-19(7-5-18)28(39)37-15-17-2-1-3-22(12-17)31(34,35)36;1-31-24(30)18-10-16(6-8-17(18)13-2-4-14(5-3-13)23(28)29)22-27-21(12-32-22)15-7-9-19(25)20(26)11-15/h1-14,16H,15H2,(H,37,39)(H,40,41);2-12H,1H3,(H,28,29). The summed E-state index contributed by atoms with van der Waals surface area (Å²) < 4.78 is 43.8. The molecule has 0 saturated heterocycles. The number of carbonyl (C=O) groups is 4. The molecule has 0 saturated carbocycles. The van der Waals surface area contributed by atoms with Gasteiger partial charge in [-0.1, -0.05) is 119 Å². The first-order valence-electron chi connectivity index (χ1n) is 21.7. The molecule has 0 unspecified atom stereocenters. The van der Waals surface area contributed by atoms with Gasteiger partial charge >= 0.3 is 24.1 Å². The normalized spacial score (nSPS) is 11.1. The maximum Gasteiger partial charge on any atom is 0.416 e. The first kappa shape index (κ1) is 52.9. The van der Waals surface area contributed by atoms with Crippen molar-refractivity contribution in [2.75, 3.05) is 7.11 Å². The predicted octanol–water partition coefficient (Wildman–Crippen LogP) is 16.0. The van der Waals surface area contributed by atoms with E-state index in [1.54, 1.807) is 84.9 Å². The third kappa shape index (κ3) is 12.3. The van der Waals surface area contributed by atoms with Crippen molar-refractivity contribution in [2.45, 2.75) is 12.7 Å². The summed E-state index contributed by atoms with van der Waals surface area (Å²) in [4.78, 5) is 57.7. The van der Waals surface area contributed by atoms with Crippen LogP contribution in [0.4, 0.5) is 13.2 Å². The lowest BCUT2D eigenvalue weighted by Crippen LogP contribution is -2.23. The Bertz CT molecular complexity index is 3610. The molecule has 9 rings (SSSR count). The van der Waals surface area contributed by atoms with Crippen LogP contribution in [-0.2, 0) is 17.5 Å². The number of esters is 1. The summed E-state index contributed by atoms with van der Waals surface area (Å²) in [5, 5.41) is 28.5. The Kier molecular flexibility index (Phi) is 16.3. The first-order chi connectivity index (χ1) is 35.4. The van der Waals surface area contributed by atoms with Crippen molar-refractivity contribution in [3.8, 4) is 65.9 Å². The zero-order chi connectivity index (χ0) is 52.8. The highest BCUT2D eigenvalue weighted by molar-refractivity contribution is 7.13. The van der Waals surface area contributed by atoms with Crippen LogP contribution in [0.15, 0.2) is 156 Å². The molecule has 0 aliphatic heterocycles. The Morgan fingerprint density at radius 2 is 1.03 bits per heavy atom. The van der Waals surface area contributed by atoms with E-state index in [1.807, 2.05) is 22.9 Å². The zero-order valence-corrected chi connectivity index (χ0v) is 42.7. The van der Waals surface area contributed by atoms with Crippen molar-refractivity contribution in [2.24, 2.45) is 0 Å². The summed E-state index contributed by atoms with van der Waals surface area (Å²) in [5.74, 6) is -3.11. The number of aromatic nitrogens is 2. The lowest BCUT2D eigenvalue weighted by molar-refractivity contribution is -0.137. The molecule has 0 spiro atoms. The maximum absolute atomic E-state index is 13.0. The van der Waals surface area contributed by atoms with E-state index in [0.29, 0.717) is 69.7 Å². The van der Waals surface area contributed by atoms with Crippen molar-refractivity contribution in [1.29, 1.82) is 0 Å². The second-order valence-electron chi connectivity index (χ2n) is 16.0. The molecule has 0 atom stereocenters. The van der Waals surface area contributed by atoms with Gasteiger partial charge in [0, 0.05) is 45.1 Å². The zero-order valence-electron chi connectivity index (χ0n) is 38.0. The Labute approximate surface area is 448 Å². The van der Waals surface area contributed by atoms with E-state index in [0.717, 1.165) is 39.5 Å². The number of amides is 1. The number of carboxylic acids is 2. The molecule has 19 heteroatoms. The van der Waals surface area contributed by atoms with Crippen LogP contribution < -0.4 is 5.32 Å². The van der Waals surface area contributed by atoms with Gasteiger partial charge in [-0.2, -0.15) is 13.2 Å². The summed E-state index contributed by atoms with van der Waals surface area (Å²) in [7, 11) is 1.32. The number of halogens is 7. The average Bonchev–Trinajstić information content (AvgIpc) is 4.11. The summed E-state index contributed by atoms with van der Waals surface area (Å²) in [5.41, 5.74) is 7.17. The molecule has 0 fully saturated rings. The Balaban J connectivity index is 0.000000204. The van der Waals surface area contributed by atoms with Crippen molar-refractivity contribution in [3.05, 3.63) is 210 Å². The molecule has 1 amide bonds. The number of hydrogen-bond donors (Lipinski definition) is 3. The number of ether oxygens (including phenoxy) is 1. The van der Waals surface area contributed by atoms with E-state index in [4.69, 9.17) is 56.2 Å². The van der Waals surface area contributed by atoms with Gasteiger partial charge in [0.25, 0.3) is 5.91 Å². The van der Waals surface area contributed by atoms with Crippen LogP contribution in [0.3, 0.4) is 0 Å². The summed E-state index contributed by atoms with van der Waals surface area (Å²) in [6.07, 6.45) is -4.47. The molecular formula is C55H34Cl4F3N3O7S2. The number of methoxy groups -OCH3 is 1. The minimum absolute atomic E-state index is 0.0561. The first-order valence-corrected chi connectivity index (χ1v) is 24.9. The van der Waals surface area contributed by atoms with Gasteiger partial charge in [-0.3, -0.25) is 4.79 Å². The van der Waals surface area contributed by atoms with Gasteiger partial charge in [0.1, 0.15) is 10.0 Å². The molecule has 7 aromatic carbocycles. The van der Waals surface area contributed by atoms with E-state index < -0.39 is 35.6 Å². The summed E-state index contributed by atoms with van der Waals surface area (Å²) in [6.45, 7) is -0.0847. The number of carboxylic acid groups (broad SMARTS) is 2. The topological polar surface area (TPSA) is 156 Å². The van der Waals surface area contributed by atoms with Gasteiger partial charge in [0.15, 0.2) is 0 Å². The van der Waals surface area contributed by atoms with Crippen LogP contribution in [0, 0.1) is 0 Å². The SMILES string of the molecule is COC(=O)c1cc(-c2nc(-c3ccc(Cl)c(Cl)c3)cs2)ccc1-c1ccc(C(=O)O)cc1.O=C(NCc1cccc(C(F)(F)F)c1)c1ccc(-c2ccc(-c3nc(-c4ccc(Cl)c(Cl)c4)cs3)cc2C(=O)O)cc1. The molecule has 2 aromatic heterocycles. The van der Waals surface area contributed by atoms with Crippen molar-refractivity contribution >= 4 is 92.9 Å². The number of benzene rings is 7. The van der Waals surface area contributed by atoms with Crippen LogP contribution in [0.2, 0.25) is 20.1 Å². The quantitative estimate of drug-likeness (QED) is 0.101.